The summed E-state index contributed by atoms with van der Waals surface area (Å²) in [6.07, 6.45) is 1.50. The molecule has 0 fully saturated rings. The lowest BCUT2D eigenvalue weighted by Crippen LogP contribution is -2.39. The lowest BCUT2D eigenvalue weighted by Gasteiger charge is -2.08. The Hall–Kier alpha value is -1.89. The fourth-order valence-corrected chi connectivity index (χ4v) is 2.59. The smallest absolute Gasteiger partial charge is 0.330 e. The Morgan fingerprint density at radius 3 is 2.38 bits per heavy atom. The molecule has 7 heteroatoms. The minimum Gasteiger partial charge on any atom is -0.330 e. The van der Waals surface area contributed by atoms with Crippen LogP contribution >= 0.6 is 0 Å². The molecule has 2 aromatic rings. The summed E-state index contributed by atoms with van der Waals surface area (Å²) in [5.41, 5.74) is 5.80. The molecular weight excluding hydrogens is 270 g/mol. The Morgan fingerprint density at radius 1 is 1.14 bits per heavy atom. The van der Waals surface area contributed by atoms with Gasteiger partial charge in [0.05, 0.1) is 0 Å². The summed E-state index contributed by atoms with van der Waals surface area (Å²) in [4.78, 5) is 29.4. The van der Waals surface area contributed by atoms with Crippen molar-refractivity contribution in [1.82, 2.24) is 18.7 Å². The van der Waals surface area contributed by atoms with Crippen molar-refractivity contribution in [3.05, 3.63) is 26.7 Å². The molecule has 0 radical (unpaired) electrons. The van der Waals surface area contributed by atoms with E-state index >= 15 is 0 Å². The van der Waals surface area contributed by atoms with Crippen LogP contribution in [-0.2, 0) is 20.6 Å². The predicted octanol–water partition coefficient (Wildman–Crippen LogP) is 0.296. The predicted molar refractivity (Wildman–Crippen MR) is 82.6 cm³/mol. The van der Waals surface area contributed by atoms with Crippen molar-refractivity contribution >= 4 is 11.2 Å². The number of hydrogen-bond acceptors (Lipinski definition) is 4. The van der Waals surface area contributed by atoms with E-state index in [1.165, 1.54) is 9.13 Å². The largest absolute Gasteiger partial charge is 0.332 e. The van der Waals surface area contributed by atoms with Crippen LogP contribution < -0.4 is 17.0 Å². The van der Waals surface area contributed by atoms with Crippen LogP contribution in [0.3, 0.4) is 0 Å². The maximum Gasteiger partial charge on any atom is 0.332 e. The highest BCUT2D eigenvalue weighted by atomic mass is 16.2. The summed E-state index contributed by atoms with van der Waals surface area (Å²) in [5.74, 6) is 0.986. The monoisotopic (exact) mass is 293 g/mol. The molecular formula is C14H23N5O2. The number of fused-ring (bicyclic) bond motifs is 1. The Labute approximate surface area is 123 Å². The van der Waals surface area contributed by atoms with E-state index in [1.54, 1.807) is 11.6 Å². The fraction of sp³-hybridized carbons (Fsp3) is 0.643. The number of nitrogens with zero attached hydrogens (tertiary/aromatic N) is 4. The van der Waals surface area contributed by atoms with Crippen molar-refractivity contribution < 1.29 is 0 Å². The molecule has 0 spiro atoms. The van der Waals surface area contributed by atoms with E-state index in [-0.39, 0.29) is 17.2 Å². The lowest BCUT2D eigenvalue weighted by atomic mass is 10.2. The van der Waals surface area contributed by atoms with Crippen LogP contribution in [0.1, 0.15) is 38.4 Å². The third kappa shape index (κ3) is 2.53. The molecule has 21 heavy (non-hydrogen) atoms. The van der Waals surface area contributed by atoms with Crippen LogP contribution in [0.5, 0.6) is 0 Å². The van der Waals surface area contributed by atoms with Crippen molar-refractivity contribution in [2.75, 3.05) is 6.54 Å². The van der Waals surface area contributed by atoms with Crippen LogP contribution in [0.15, 0.2) is 9.59 Å². The standard InChI is InChI=1S/C14H23N5O2/c1-9(2)11-16-12-10(17(11)3)13(20)19(8-6-5-7-15)14(21)18(12)4/h9H,5-8,15H2,1-4H3. The molecule has 2 heterocycles. The zero-order chi connectivity index (χ0) is 15.7. The van der Waals surface area contributed by atoms with Gasteiger partial charge in [-0.1, -0.05) is 13.8 Å². The summed E-state index contributed by atoms with van der Waals surface area (Å²) in [7, 11) is 3.47. The summed E-state index contributed by atoms with van der Waals surface area (Å²) in [6.45, 7) is 4.97. The first-order valence-electron chi connectivity index (χ1n) is 7.26. The Morgan fingerprint density at radius 2 is 1.81 bits per heavy atom. The van der Waals surface area contributed by atoms with Gasteiger partial charge in [0.25, 0.3) is 5.56 Å². The van der Waals surface area contributed by atoms with Crippen molar-refractivity contribution in [1.29, 1.82) is 0 Å². The zero-order valence-corrected chi connectivity index (χ0v) is 13.1. The Kier molecular flexibility index (Phi) is 4.32. The average Bonchev–Trinajstić information content (AvgIpc) is 2.78. The maximum absolute atomic E-state index is 12.6. The van der Waals surface area contributed by atoms with E-state index in [0.717, 1.165) is 12.2 Å². The molecule has 0 atom stereocenters. The van der Waals surface area contributed by atoms with Crippen LogP contribution in [0.25, 0.3) is 11.2 Å². The summed E-state index contributed by atoms with van der Waals surface area (Å²) in [6, 6.07) is 0. The van der Waals surface area contributed by atoms with Gasteiger partial charge in [-0.15, -0.1) is 0 Å². The second-order valence-electron chi connectivity index (χ2n) is 5.65. The average molecular weight is 293 g/mol. The topological polar surface area (TPSA) is 87.8 Å². The van der Waals surface area contributed by atoms with E-state index in [1.807, 2.05) is 20.9 Å². The highest BCUT2D eigenvalue weighted by Crippen LogP contribution is 2.16. The number of imidazole rings is 1. The molecule has 0 saturated heterocycles. The number of aryl methyl sites for hydroxylation is 2. The first-order valence-corrected chi connectivity index (χ1v) is 7.26. The fourth-order valence-electron chi connectivity index (χ4n) is 2.59. The first kappa shape index (κ1) is 15.5. The van der Waals surface area contributed by atoms with Crippen LogP contribution in [0.2, 0.25) is 0 Å². The zero-order valence-electron chi connectivity index (χ0n) is 13.1. The molecule has 0 aliphatic carbocycles. The van der Waals surface area contributed by atoms with E-state index in [4.69, 9.17) is 5.73 Å². The van der Waals surface area contributed by atoms with E-state index in [9.17, 15) is 9.59 Å². The molecule has 0 amide bonds. The number of nitrogens with two attached hydrogens (primary N) is 1. The Balaban J connectivity index is 2.71. The third-order valence-electron chi connectivity index (χ3n) is 3.75. The quantitative estimate of drug-likeness (QED) is 0.803. The third-order valence-corrected chi connectivity index (χ3v) is 3.75. The van der Waals surface area contributed by atoms with Gasteiger partial charge in [0.2, 0.25) is 0 Å². The van der Waals surface area contributed by atoms with Gasteiger partial charge in [0.15, 0.2) is 11.2 Å². The summed E-state index contributed by atoms with van der Waals surface area (Å²) in [5, 5.41) is 0. The summed E-state index contributed by atoms with van der Waals surface area (Å²) >= 11 is 0. The first-order chi connectivity index (χ1) is 9.90. The number of rotatable bonds is 5. The molecule has 116 valence electrons. The Bertz CT molecular complexity index is 766. The van der Waals surface area contributed by atoms with Crippen molar-refractivity contribution in [3.8, 4) is 0 Å². The molecule has 0 aliphatic heterocycles. The van der Waals surface area contributed by atoms with Crippen molar-refractivity contribution in [2.45, 2.75) is 39.2 Å². The van der Waals surface area contributed by atoms with Crippen molar-refractivity contribution in [2.24, 2.45) is 19.8 Å². The molecule has 0 bridgehead atoms. The molecule has 0 aromatic carbocycles. The molecule has 7 nitrogen and oxygen atoms in total. The molecule has 0 saturated carbocycles. The minimum atomic E-state index is -0.321. The van der Waals surface area contributed by atoms with Gasteiger partial charge in [-0.3, -0.25) is 13.9 Å². The SMILES string of the molecule is CC(C)c1nc2c(c(=O)n(CCCCN)c(=O)n2C)n1C. The molecule has 0 aliphatic rings. The molecule has 2 N–H and O–H groups in total. The van der Waals surface area contributed by atoms with E-state index < -0.39 is 0 Å². The van der Waals surface area contributed by atoms with Gasteiger partial charge in [0, 0.05) is 26.6 Å². The van der Waals surface area contributed by atoms with E-state index in [0.29, 0.717) is 30.7 Å². The van der Waals surface area contributed by atoms with Gasteiger partial charge in [-0.25, -0.2) is 9.78 Å². The van der Waals surface area contributed by atoms with Gasteiger partial charge in [-0.05, 0) is 19.4 Å². The lowest BCUT2D eigenvalue weighted by molar-refractivity contribution is 0.556. The van der Waals surface area contributed by atoms with Crippen LogP contribution in [0.4, 0.5) is 0 Å². The van der Waals surface area contributed by atoms with Crippen LogP contribution in [-0.4, -0.2) is 25.2 Å². The molecule has 2 rings (SSSR count). The van der Waals surface area contributed by atoms with Crippen LogP contribution in [0, 0.1) is 0 Å². The minimum absolute atomic E-state index is 0.183. The van der Waals surface area contributed by atoms with Gasteiger partial charge in [0.1, 0.15) is 5.82 Å². The molecule has 0 unspecified atom stereocenters. The number of aromatic nitrogens is 4. The highest BCUT2D eigenvalue weighted by molar-refractivity contribution is 5.71. The number of hydrogen-bond donors (Lipinski definition) is 1. The number of unbranched alkanes of at least 4 members (excludes halogenated alkanes) is 1. The van der Waals surface area contributed by atoms with E-state index in [2.05, 4.69) is 4.98 Å². The van der Waals surface area contributed by atoms with Gasteiger partial charge >= 0.3 is 5.69 Å². The summed E-state index contributed by atoms with van der Waals surface area (Å²) < 4.78 is 4.52. The highest BCUT2D eigenvalue weighted by Gasteiger charge is 2.19. The maximum atomic E-state index is 12.6. The molecule has 2 aromatic heterocycles. The van der Waals surface area contributed by atoms with Gasteiger partial charge in [-0.2, -0.15) is 0 Å². The second-order valence-corrected chi connectivity index (χ2v) is 5.65. The van der Waals surface area contributed by atoms with Crippen molar-refractivity contribution in [3.63, 3.8) is 0 Å². The normalized spacial score (nSPS) is 11.7. The second kappa shape index (κ2) is 5.85. The van der Waals surface area contributed by atoms with Gasteiger partial charge < -0.3 is 10.3 Å².